The maximum Gasteiger partial charge on any atom is 0.328 e. The molecule has 1 aliphatic rings. The molecular weight excluding hydrogens is 302 g/mol. The summed E-state index contributed by atoms with van der Waals surface area (Å²) in [6.45, 7) is 3.58. The first-order valence-electron chi connectivity index (χ1n) is 7.67. The molecule has 0 aromatic carbocycles. The Morgan fingerprint density at radius 1 is 1.41 bits per heavy atom. The first-order chi connectivity index (χ1) is 10.6. The molecule has 1 aliphatic carbocycles. The predicted octanol–water partition coefficient (Wildman–Crippen LogP) is 2.07. The lowest BCUT2D eigenvalue weighted by molar-refractivity contribution is -0.149. The van der Waals surface area contributed by atoms with Gasteiger partial charge in [0.15, 0.2) is 4.83 Å². The van der Waals surface area contributed by atoms with Crippen molar-refractivity contribution in [1.29, 1.82) is 0 Å². The van der Waals surface area contributed by atoms with Crippen molar-refractivity contribution in [2.75, 3.05) is 0 Å². The van der Waals surface area contributed by atoms with Gasteiger partial charge in [-0.15, -0.1) is 16.4 Å². The predicted molar refractivity (Wildman–Crippen MR) is 84.2 cm³/mol. The third kappa shape index (κ3) is 2.77. The van der Waals surface area contributed by atoms with Crippen LogP contribution in [0.5, 0.6) is 0 Å². The van der Waals surface area contributed by atoms with E-state index >= 15 is 0 Å². The summed E-state index contributed by atoms with van der Waals surface area (Å²) in [5.74, 6) is -0.450. The molecule has 1 atom stereocenters. The van der Waals surface area contributed by atoms with Gasteiger partial charge in [0.05, 0.1) is 11.5 Å². The molecule has 7 heteroatoms. The molecule has 1 unspecified atom stereocenters. The fourth-order valence-electron chi connectivity index (χ4n) is 2.68. The molecule has 2 aromatic rings. The summed E-state index contributed by atoms with van der Waals surface area (Å²) < 4.78 is 6.32. The van der Waals surface area contributed by atoms with Crippen LogP contribution >= 0.6 is 11.3 Å². The molecule has 3 rings (SSSR count). The van der Waals surface area contributed by atoms with Crippen LogP contribution in [-0.4, -0.2) is 27.1 Å². The molecule has 0 saturated carbocycles. The first-order valence-corrected chi connectivity index (χ1v) is 8.49. The van der Waals surface area contributed by atoms with Crippen molar-refractivity contribution in [2.45, 2.75) is 58.6 Å². The van der Waals surface area contributed by atoms with E-state index in [2.05, 4.69) is 10.3 Å². The molecule has 0 saturated heterocycles. The van der Waals surface area contributed by atoms with E-state index < -0.39 is 5.97 Å². The topological polar surface area (TPSA) is 74.1 Å². The number of nitrogens with zero attached hydrogens (tertiary/aromatic N) is 3. The molecule has 2 aromatic heterocycles. The lowest BCUT2D eigenvalue weighted by Crippen LogP contribution is -2.30. The van der Waals surface area contributed by atoms with Gasteiger partial charge in [-0.05, 0) is 44.6 Å². The molecule has 0 radical (unpaired) electrons. The van der Waals surface area contributed by atoms with Crippen LogP contribution in [0.15, 0.2) is 4.79 Å². The van der Waals surface area contributed by atoms with Gasteiger partial charge in [0, 0.05) is 4.88 Å². The second kappa shape index (κ2) is 6.16. The number of carbonyl (C=O) groups excluding carboxylic acids is 1. The Labute approximate surface area is 132 Å². The summed E-state index contributed by atoms with van der Waals surface area (Å²) in [5, 5.41) is 8.65. The van der Waals surface area contributed by atoms with Crippen molar-refractivity contribution in [2.24, 2.45) is 0 Å². The Bertz CT molecular complexity index is 765. The molecule has 2 heterocycles. The summed E-state index contributed by atoms with van der Waals surface area (Å²) >= 11 is 1.55. The van der Waals surface area contributed by atoms with Gasteiger partial charge in [-0.2, -0.15) is 4.68 Å². The fraction of sp³-hybridized carbons (Fsp3) is 0.600. The van der Waals surface area contributed by atoms with Gasteiger partial charge in [0.2, 0.25) is 0 Å². The highest BCUT2D eigenvalue weighted by atomic mass is 32.1. The Balaban J connectivity index is 1.93. The number of fused-ring (bicyclic) bond motifs is 3. The van der Waals surface area contributed by atoms with E-state index in [9.17, 15) is 9.59 Å². The maximum absolute atomic E-state index is 12.6. The zero-order valence-electron chi connectivity index (χ0n) is 12.8. The number of aromatic nitrogens is 3. The second-order valence-corrected chi connectivity index (χ2v) is 6.74. The van der Waals surface area contributed by atoms with Crippen LogP contribution in [0.3, 0.4) is 0 Å². The minimum Gasteiger partial charge on any atom is -0.461 e. The maximum atomic E-state index is 12.6. The van der Waals surface area contributed by atoms with Gasteiger partial charge in [0.25, 0.3) is 5.56 Å². The fourth-order valence-corrected chi connectivity index (χ4v) is 3.87. The lowest BCUT2D eigenvalue weighted by atomic mass is 9.97. The quantitative estimate of drug-likeness (QED) is 0.806. The summed E-state index contributed by atoms with van der Waals surface area (Å²) in [6, 6.07) is 0. The van der Waals surface area contributed by atoms with Crippen molar-refractivity contribution in [3.05, 3.63) is 20.8 Å². The Morgan fingerprint density at radius 3 is 2.95 bits per heavy atom. The summed E-state index contributed by atoms with van der Waals surface area (Å²) in [6.07, 6.45) is 4.75. The summed E-state index contributed by atoms with van der Waals surface area (Å²) in [7, 11) is 0. The monoisotopic (exact) mass is 321 g/mol. The van der Waals surface area contributed by atoms with E-state index in [0.29, 0.717) is 10.2 Å². The number of hydrogen-bond acceptors (Lipinski definition) is 6. The van der Waals surface area contributed by atoms with E-state index in [1.165, 1.54) is 4.88 Å². The molecule has 0 aliphatic heterocycles. The SMILES string of the molecule is CCC(C)OC(=O)Cn1nnc2sc3c(c2c1=O)CCCC3. The van der Waals surface area contributed by atoms with Gasteiger partial charge in [-0.3, -0.25) is 9.59 Å². The highest BCUT2D eigenvalue weighted by molar-refractivity contribution is 7.18. The molecule has 0 spiro atoms. The minimum absolute atomic E-state index is 0.159. The molecule has 0 amide bonds. The molecule has 0 bridgehead atoms. The van der Waals surface area contributed by atoms with Gasteiger partial charge in [0.1, 0.15) is 6.54 Å². The number of rotatable bonds is 4. The van der Waals surface area contributed by atoms with E-state index in [0.717, 1.165) is 42.3 Å². The highest BCUT2D eigenvalue weighted by Gasteiger charge is 2.21. The van der Waals surface area contributed by atoms with E-state index in [1.54, 1.807) is 11.3 Å². The van der Waals surface area contributed by atoms with Crippen molar-refractivity contribution >= 4 is 27.5 Å². The number of aryl methyl sites for hydroxylation is 2. The second-order valence-electron chi connectivity index (χ2n) is 5.65. The first kappa shape index (κ1) is 15.1. The Hall–Kier alpha value is -1.76. The van der Waals surface area contributed by atoms with Crippen LogP contribution in [0.25, 0.3) is 10.2 Å². The minimum atomic E-state index is -0.450. The highest BCUT2D eigenvalue weighted by Crippen LogP contribution is 2.33. The average molecular weight is 321 g/mol. The average Bonchev–Trinajstić information content (AvgIpc) is 2.89. The van der Waals surface area contributed by atoms with E-state index in [4.69, 9.17) is 4.74 Å². The van der Waals surface area contributed by atoms with Crippen LogP contribution < -0.4 is 5.56 Å². The molecule has 0 fully saturated rings. The van der Waals surface area contributed by atoms with Gasteiger partial charge in [-0.1, -0.05) is 12.1 Å². The van der Waals surface area contributed by atoms with Gasteiger partial charge >= 0.3 is 5.97 Å². The van der Waals surface area contributed by atoms with Crippen molar-refractivity contribution in [3.8, 4) is 0 Å². The zero-order valence-corrected chi connectivity index (χ0v) is 13.6. The molecule has 6 nitrogen and oxygen atoms in total. The van der Waals surface area contributed by atoms with Crippen LogP contribution in [-0.2, 0) is 28.9 Å². The summed E-state index contributed by atoms with van der Waals surface area (Å²) in [4.78, 5) is 26.4. The standard InChI is InChI=1S/C15H19N3O3S/c1-3-9(2)21-12(19)8-18-15(20)13-10-6-4-5-7-11(10)22-14(13)16-17-18/h9H,3-8H2,1-2H3. The number of esters is 1. The summed E-state index contributed by atoms with van der Waals surface area (Å²) in [5.41, 5.74) is 0.876. The Kier molecular flexibility index (Phi) is 4.24. The zero-order chi connectivity index (χ0) is 15.7. The smallest absolute Gasteiger partial charge is 0.328 e. The Morgan fingerprint density at radius 2 is 2.18 bits per heavy atom. The van der Waals surface area contributed by atoms with Crippen LogP contribution in [0.4, 0.5) is 0 Å². The van der Waals surface area contributed by atoms with E-state index in [1.807, 2.05) is 13.8 Å². The third-order valence-electron chi connectivity index (χ3n) is 4.03. The van der Waals surface area contributed by atoms with Crippen LogP contribution in [0.1, 0.15) is 43.6 Å². The van der Waals surface area contributed by atoms with Crippen LogP contribution in [0.2, 0.25) is 0 Å². The molecule has 118 valence electrons. The van der Waals surface area contributed by atoms with Crippen LogP contribution in [0, 0.1) is 0 Å². The van der Waals surface area contributed by atoms with Crippen molar-refractivity contribution < 1.29 is 9.53 Å². The number of hydrogen-bond donors (Lipinski definition) is 0. The molecule has 22 heavy (non-hydrogen) atoms. The van der Waals surface area contributed by atoms with Gasteiger partial charge < -0.3 is 4.74 Å². The normalized spacial score (nSPS) is 15.5. The number of ether oxygens (including phenoxy) is 1. The number of thiophene rings is 1. The van der Waals surface area contributed by atoms with Gasteiger partial charge in [-0.25, -0.2) is 0 Å². The van der Waals surface area contributed by atoms with E-state index in [-0.39, 0.29) is 18.2 Å². The third-order valence-corrected chi connectivity index (χ3v) is 5.21. The number of carbonyl (C=O) groups is 1. The van der Waals surface area contributed by atoms with Crippen molar-refractivity contribution in [3.63, 3.8) is 0 Å². The largest absolute Gasteiger partial charge is 0.461 e. The molecular formula is C15H19N3O3S. The molecule has 0 N–H and O–H groups in total. The lowest BCUT2D eigenvalue weighted by Gasteiger charge is -2.11. The van der Waals surface area contributed by atoms with Crippen molar-refractivity contribution in [1.82, 2.24) is 15.0 Å².